The lowest BCUT2D eigenvalue weighted by atomic mass is 10.1. The Labute approximate surface area is 136 Å². The molecule has 0 spiro atoms. The molecule has 1 aliphatic rings. The minimum absolute atomic E-state index is 0.800. The van der Waals surface area contributed by atoms with Gasteiger partial charge in [-0.25, -0.2) is 0 Å². The molecule has 2 aromatic carbocycles. The first-order valence-electron chi connectivity index (χ1n) is 7.61. The van der Waals surface area contributed by atoms with Crippen molar-refractivity contribution in [2.75, 3.05) is 20.8 Å². The smallest absolute Gasteiger partial charge is 0.126 e. The maximum atomic E-state index is 5.49. The van der Waals surface area contributed by atoms with E-state index in [9.17, 15) is 0 Å². The van der Waals surface area contributed by atoms with Gasteiger partial charge in [-0.15, -0.1) is 0 Å². The van der Waals surface area contributed by atoms with Crippen LogP contribution in [0.1, 0.15) is 17.5 Å². The summed E-state index contributed by atoms with van der Waals surface area (Å²) < 4.78 is 10.8. The molecule has 0 aromatic heterocycles. The van der Waals surface area contributed by atoms with Gasteiger partial charge in [0.25, 0.3) is 0 Å². The van der Waals surface area contributed by atoms with Crippen molar-refractivity contribution >= 4 is 18.0 Å². The second-order valence-corrected chi connectivity index (χ2v) is 5.21. The molecule has 4 nitrogen and oxygen atoms in total. The third kappa shape index (κ3) is 3.37. The topological polar surface area (TPSA) is 34.1 Å². The van der Waals surface area contributed by atoms with Crippen LogP contribution in [0.15, 0.2) is 53.6 Å². The maximum Gasteiger partial charge on any atom is 0.126 e. The molecule has 1 aliphatic heterocycles. The van der Waals surface area contributed by atoms with Crippen LogP contribution in [0.5, 0.6) is 11.5 Å². The molecule has 4 heteroatoms. The fourth-order valence-electron chi connectivity index (χ4n) is 2.59. The zero-order chi connectivity index (χ0) is 16.1. The Bertz CT molecular complexity index is 723. The summed E-state index contributed by atoms with van der Waals surface area (Å²) in [4.78, 5) is 0. The summed E-state index contributed by atoms with van der Waals surface area (Å²) in [5.41, 5.74) is 3.13. The summed E-state index contributed by atoms with van der Waals surface area (Å²) >= 11 is 0. The van der Waals surface area contributed by atoms with E-state index < -0.39 is 0 Å². The zero-order valence-corrected chi connectivity index (χ0v) is 13.4. The molecular formula is C19H20N2O2. The standard InChI is InChI=1S/C19H20N2O2/c1-22-17-9-10-19(23-2)16(13-17)14-18(21-12-6-11-20-21)15-7-4-3-5-8-15/h3-5,7-11,13-14H,6,12H2,1-2H3. The van der Waals surface area contributed by atoms with Gasteiger partial charge in [0.1, 0.15) is 11.5 Å². The fraction of sp³-hybridized carbons (Fsp3) is 0.211. The van der Waals surface area contributed by atoms with Gasteiger partial charge in [0, 0.05) is 24.7 Å². The average Bonchev–Trinajstić information content (AvgIpc) is 3.14. The Hall–Kier alpha value is -2.75. The number of ether oxygens (including phenoxy) is 2. The summed E-state index contributed by atoms with van der Waals surface area (Å²) in [6.45, 7) is 0.882. The number of methoxy groups -OCH3 is 2. The molecule has 0 saturated carbocycles. The van der Waals surface area contributed by atoms with E-state index in [0.717, 1.165) is 41.3 Å². The lowest BCUT2D eigenvalue weighted by Crippen LogP contribution is -2.12. The predicted molar refractivity (Wildman–Crippen MR) is 93.7 cm³/mol. The molecule has 118 valence electrons. The number of benzene rings is 2. The van der Waals surface area contributed by atoms with Crippen LogP contribution in [0, 0.1) is 0 Å². The van der Waals surface area contributed by atoms with Crippen LogP contribution in [0.2, 0.25) is 0 Å². The number of hydrogen-bond donors (Lipinski definition) is 0. The van der Waals surface area contributed by atoms with Gasteiger partial charge in [-0.2, -0.15) is 5.10 Å². The van der Waals surface area contributed by atoms with E-state index in [1.165, 1.54) is 0 Å². The molecule has 0 amide bonds. The molecule has 0 fully saturated rings. The highest BCUT2D eigenvalue weighted by Crippen LogP contribution is 2.30. The summed E-state index contributed by atoms with van der Waals surface area (Å²) in [5, 5.41) is 6.50. The van der Waals surface area contributed by atoms with E-state index in [1.807, 2.05) is 47.6 Å². The van der Waals surface area contributed by atoms with Crippen LogP contribution in [0.3, 0.4) is 0 Å². The zero-order valence-electron chi connectivity index (χ0n) is 13.4. The lowest BCUT2D eigenvalue weighted by Gasteiger charge is -2.19. The first-order chi connectivity index (χ1) is 11.3. The highest BCUT2D eigenvalue weighted by molar-refractivity contribution is 5.83. The quantitative estimate of drug-likeness (QED) is 0.786. The van der Waals surface area contributed by atoms with Gasteiger partial charge in [0.15, 0.2) is 0 Å². The first kappa shape index (κ1) is 15.2. The normalized spacial score (nSPS) is 14.2. The third-order valence-electron chi connectivity index (χ3n) is 3.77. The third-order valence-corrected chi connectivity index (χ3v) is 3.77. The summed E-state index contributed by atoms with van der Waals surface area (Å²) in [6.07, 6.45) is 5.00. The van der Waals surface area contributed by atoms with Gasteiger partial charge in [-0.3, -0.25) is 5.01 Å². The molecule has 0 unspecified atom stereocenters. The van der Waals surface area contributed by atoms with Crippen molar-refractivity contribution in [2.45, 2.75) is 6.42 Å². The molecule has 0 atom stereocenters. The highest BCUT2D eigenvalue weighted by Gasteiger charge is 2.15. The largest absolute Gasteiger partial charge is 0.497 e. The summed E-state index contributed by atoms with van der Waals surface area (Å²) in [7, 11) is 3.34. The van der Waals surface area contributed by atoms with Crippen LogP contribution in [-0.2, 0) is 0 Å². The van der Waals surface area contributed by atoms with Crippen molar-refractivity contribution < 1.29 is 9.47 Å². The van der Waals surface area contributed by atoms with Crippen molar-refractivity contribution in [1.82, 2.24) is 5.01 Å². The molecule has 3 rings (SSSR count). The van der Waals surface area contributed by atoms with Crippen LogP contribution < -0.4 is 9.47 Å². The van der Waals surface area contributed by atoms with Gasteiger partial charge < -0.3 is 9.47 Å². The second kappa shape index (κ2) is 7.01. The average molecular weight is 308 g/mol. The SMILES string of the molecule is COc1ccc(OC)c(C=C(c2ccccc2)N2CCC=N2)c1. The van der Waals surface area contributed by atoms with Crippen molar-refractivity contribution in [3.05, 3.63) is 59.7 Å². The van der Waals surface area contributed by atoms with Crippen molar-refractivity contribution in [2.24, 2.45) is 5.10 Å². The molecular weight excluding hydrogens is 288 g/mol. The van der Waals surface area contributed by atoms with Crippen molar-refractivity contribution in [1.29, 1.82) is 0 Å². The maximum absolute atomic E-state index is 5.49. The van der Waals surface area contributed by atoms with E-state index >= 15 is 0 Å². The van der Waals surface area contributed by atoms with E-state index in [0.29, 0.717) is 0 Å². The number of nitrogens with zero attached hydrogens (tertiary/aromatic N) is 2. The predicted octanol–water partition coefficient (Wildman–Crippen LogP) is 3.89. The Morgan fingerprint density at radius 3 is 2.57 bits per heavy atom. The molecule has 0 bridgehead atoms. The van der Waals surface area contributed by atoms with Gasteiger partial charge in [0.2, 0.25) is 0 Å². The summed E-state index contributed by atoms with van der Waals surface area (Å²) in [5.74, 6) is 1.61. The van der Waals surface area contributed by atoms with E-state index in [-0.39, 0.29) is 0 Å². The Balaban J connectivity index is 2.09. The van der Waals surface area contributed by atoms with Crippen LogP contribution in [0.4, 0.5) is 0 Å². The van der Waals surface area contributed by atoms with Gasteiger partial charge in [-0.1, -0.05) is 30.3 Å². The molecule has 23 heavy (non-hydrogen) atoms. The van der Waals surface area contributed by atoms with E-state index in [2.05, 4.69) is 23.3 Å². The molecule has 1 heterocycles. The molecule has 0 N–H and O–H groups in total. The first-order valence-corrected chi connectivity index (χ1v) is 7.61. The second-order valence-electron chi connectivity index (χ2n) is 5.21. The lowest BCUT2D eigenvalue weighted by molar-refractivity contribution is 0.402. The monoisotopic (exact) mass is 308 g/mol. The molecule has 0 radical (unpaired) electrons. The minimum Gasteiger partial charge on any atom is -0.497 e. The summed E-state index contributed by atoms with van der Waals surface area (Å²) in [6, 6.07) is 16.0. The molecule has 0 aliphatic carbocycles. The van der Waals surface area contributed by atoms with E-state index in [1.54, 1.807) is 14.2 Å². The van der Waals surface area contributed by atoms with Gasteiger partial charge >= 0.3 is 0 Å². The Kier molecular flexibility index (Phi) is 4.62. The van der Waals surface area contributed by atoms with Crippen molar-refractivity contribution in [3.8, 4) is 11.5 Å². The Morgan fingerprint density at radius 2 is 1.91 bits per heavy atom. The number of hydrogen-bond acceptors (Lipinski definition) is 4. The fourth-order valence-corrected chi connectivity index (χ4v) is 2.59. The molecule has 2 aromatic rings. The van der Waals surface area contributed by atoms with Gasteiger partial charge in [0.05, 0.1) is 19.9 Å². The Morgan fingerprint density at radius 1 is 1.09 bits per heavy atom. The van der Waals surface area contributed by atoms with Crippen LogP contribution >= 0.6 is 0 Å². The van der Waals surface area contributed by atoms with Gasteiger partial charge in [-0.05, 0) is 29.8 Å². The van der Waals surface area contributed by atoms with Crippen LogP contribution in [-0.4, -0.2) is 32.0 Å². The minimum atomic E-state index is 0.800. The number of hydrazone groups is 1. The van der Waals surface area contributed by atoms with E-state index in [4.69, 9.17) is 9.47 Å². The van der Waals surface area contributed by atoms with Crippen LogP contribution in [0.25, 0.3) is 11.8 Å². The number of rotatable bonds is 5. The molecule has 0 saturated heterocycles. The van der Waals surface area contributed by atoms with Crippen molar-refractivity contribution in [3.63, 3.8) is 0 Å². The highest BCUT2D eigenvalue weighted by atomic mass is 16.5.